The van der Waals surface area contributed by atoms with E-state index in [4.69, 9.17) is 13.8 Å². The lowest BCUT2D eigenvalue weighted by Gasteiger charge is -2.26. The Morgan fingerprint density at radius 3 is 2.18 bits per heavy atom. The number of benzene rings is 6. The van der Waals surface area contributed by atoms with Gasteiger partial charge in [0, 0.05) is 33.8 Å². The number of anilines is 3. The Labute approximate surface area is 224 Å². The lowest BCUT2D eigenvalue weighted by Crippen LogP contribution is -2.10. The summed E-state index contributed by atoms with van der Waals surface area (Å²) < 4.78 is 12.8. The van der Waals surface area contributed by atoms with Crippen molar-refractivity contribution in [1.29, 1.82) is 0 Å². The first kappa shape index (κ1) is 21.7. The van der Waals surface area contributed by atoms with Crippen molar-refractivity contribution >= 4 is 60.9 Å². The summed E-state index contributed by atoms with van der Waals surface area (Å²) in [5, 5.41) is 4.32. The van der Waals surface area contributed by atoms with Gasteiger partial charge in [-0.2, -0.15) is 0 Å². The molecule has 0 unspecified atom stereocenters. The van der Waals surface area contributed by atoms with Crippen molar-refractivity contribution in [1.82, 2.24) is 4.98 Å². The predicted octanol–water partition coefficient (Wildman–Crippen LogP) is 10.0. The molecule has 0 spiro atoms. The van der Waals surface area contributed by atoms with Gasteiger partial charge in [0.2, 0.25) is 5.89 Å². The van der Waals surface area contributed by atoms with Crippen LogP contribution in [0.2, 0.25) is 0 Å². The van der Waals surface area contributed by atoms with E-state index in [1.54, 1.807) is 0 Å². The van der Waals surface area contributed by atoms with Gasteiger partial charge < -0.3 is 13.7 Å². The second-order valence-electron chi connectivity index (χ2n) is 9.62. The maximum absolute atomic E-state index is 6.48. The topological polar surface area (TPSA) is 42.4 Å². The number of rotatable bonds is 4. The van der Waals surface area contributed by atoms with Crippen LogP contribution in [0.3, 0.4) is 0 Å². The summed E-state index contributed by atoms with van der Waals surface area (Å²) in [6.45, 7) is 0. The van der Waals surface area contributed by atoms with E-state index in [2.05, 4.69) is 77.7 Å². The number of fused-ring (bicyclic) bond motifs is 6. The van der Waals surface area contributed by atoms with Crippen molar-refractivity contribution in [2.75, 3.05) is 4.90 Å². The first-order chi connectivity index (χ1) is 19.3. The molecule has 0 saturated carbocycles. The van der Waals surface area contributed by atoms with Gasteiger partial charge >= 0.3 is 0 Å². The van der Waals surface area contributed by atoms with Gasteiger partial charge in [-0.25, -0.2) is 4.98 Å². The predicted molar refractivity (Wildman–Crippen MR) is 159 cm³/mol. The first-order valence-corrected chi connectivity index (χ1v) is 13.0. The molecule has 2 aromatic heterocycles. The zero-order valence-corrected chi connectivity index (χ0v) is 20.9. The van der Waals surface area contributed by atoms with Gasteiger partial charge in [0.15, 0.2) is 5.58 Å². The van der Waals surface area contributed by atoms with Crippen molar-refractivity contribution in [3.63, 3.8) is 0 Å². The Morgan fingerprint density at radius 1 is 0.538 bits per heavy atom. The summed E-state index contributed by atoms with van der Waals surface area (Å²) in [5.74, 6) is 0.614. The fourth-order valence-electron chi connectivity index (χ4n) is 5.49. The maximum atomic E-state index is 6.48. The van der Waals surface area contributed by atoms with Gasteiger partial charge in [0.25, 0.3) is 0 Å². The first-order valence-electron chi connectivity index (χ1n) is 13.0. The molecule has 0 bridgehead atoms. The average Bonchev–Trinajstić information content (AvgIpc) is 3.60. The van der Waals surface area contributed by atoms with E-state index in [9.17, 15) is 0 Å². The molecule has 0 fully saturated rings. The van der Waals surface area contributed by atoms with Crippen LogP contribution >= 0.6 is 0 Å². The smallest absolute Gasteiger partial charge is 0.227 e. The van der Waals surface area contributed by atoms with E-state index in [1.807, 2.05) is 60.7 Å². The lowest BCUT2D eigenvalue weighted by atomic mass is 10.0. The van der Waals surface area contributed by atoms with Gasteiger partial charge in [0.05, 0.1) is 11.1 Å². The van der Waals surface area contributed by atoms with Crippen molar-refractivity contribution in [3.8, 4) is 11.5 Å². The highest BCUT2D eigenvalue weighted by Crippen LogP contribution is 2.43. The summed E-state index contributed by atoms with van der Waals surface area (Å²) in [6.07, 6.45) is 0. The highest BCUT2D eigenvalue weighted by Gasteiger charge is 2.20. The zero-order valence-electron chi connectivity index (χ0n) is 20.9. The molecule has 39 heavy (non-hydrogen) atoms. The monoisotopic (exact) mass is 502 g/mol. The van der Waals surface area contributed by atoms with Crippen molar-refractivity contribution in [2.24, 2.45) is 0 Å². The summed E-state index contributed by atoms with van der Waals surface area (Å²) in [4.78, 5) is 7.11. The van der Waals surface area contributed by atoms with Crippen LogP contribution in [0.1, 0.15) is 0 Å². The second-order valence-corrected chi connectivity index (χ2v) is 9.62. The SMILES string of the molecule is c1ccc(-c2nc3ccc4cccc(N(c5ccccc5)c5ccc6c(c5)oc5ccccc56)c4c3o2)cc1. The van der Waals surface area contributed by atoms with E-state index in [-0.39, 0.29) is 0 Å². The number of furan rings is 1. The highest BCUT2D eigenvalue weighted by atomic mass is 16.3. The van der Waals surface area contributed by atoms with Crippen LogP contribution < -0.4 is 4.90 Å². The summed E-state index contributed by atoms with van der Waals surface area (Å²) in [5.41, 5.74) is 7.34. The molecule has 6 aromatic carbocycles. The molecule has 2 heterocycles. The van der Waals surface area contributed by atoms with Crippen LogP contribution in [0.4, 0.5) is 17.1 Å². The summed E-state index contributed by atoms with van der Waals surface area (Å²) in [7, 11) is 0. The van der Waals surface area contributed by atoms with E-state index < -0.39 is 0 Å². The number of oxazole rings is 1. The quantitative estimate of drug-likeness (QED) is 0.240. The average molecular weight is 503 g/mol. The number of hydrogen-bond acceptors (Lipinski definition) is 4. The Bertz CT molecular complexity index is 2130. The van der Waals surface area contributed by atoms with Gasteiger partial charge in [-0.1, -0.05) is 72.8 Å². The Balaban J connectivity index is 1.40. The molecule has 0 radical (unpaired) electrons. The standard InChI is InChI=1S/C35H22N2O2/c1-3-10-24(11-4-1)35-36-29-21-18-23-12-9-16-30(33(23)34(29)39-35)37(25-13-5-2-6-14-25)26-19-20-28-27-15-7-8-17-31(27)38-32(28)22-26/h1-22H. The molecule has 0 amide bonds. The second kappa shape index (κ2) is 8.61. The van der Waals surface area contributed by atoms with Gasteiger partial charge in [0.1, 0.15) is 16.7 Å². The fraction of sp³-hybridized carbons (Fsp3) is 0. The summed E-state index contributed by atoms with van der Waals surface area (Å²) in [6, 6.07) is 45.5. The number of para-hydroxylation sites is 2. The van der Waals surface area contributed by atoms with Crippen LogP contribution in [0, 0.1) is 0 Å². The molecule has 4 nitrogen and oxygen atoms in total. The van der Waals surface area contributed by atoms with Crippen molar-refractivity contribution in [3.05, 3.63) is 133 Å². The Hall–Kier alpha value is -5.35. The number of hydrogen-bond donors (Lipinski definition) is 0. The third-order valence-electron chi connectivity index (χ3n) is 7.27. The fourth-order valence-corrected chi connectivity index (χ4v) is 5.49. The molecule has 4 heteroatoms. The van der Waals surface area contributed by atoms with Crippen LogP contribution in [0.5, 0.6) is 0 Å². The largest absolute Gasteiger partial charge is 0.456 e. The van der Waals surface area contributed by atoms with Gasteiger partial charge in [-0.3, -0.25) is 0 Å². The molecular formula is C35H22N2O2. The summed E-state index contributed by atoms with van der Waals surface area (Å²) >= 11 is 0. The van der Waals surface area contributed by atoms with Crippen LogP contribution in [-0.2, 0) is 0 Å². The number of nitrogens with zero attached hydrogens (tertiary/aromatic N) is 2. The molecule has 0 atom stereocenters. The maximum Gasteiger partial charge on any atom is 0.227 e. The minimum absolute atomic E-state index is 0.614. The molecule has 0 aliphatic carbocycles. The van der Waals surface area contributed by atoms with Crippen LogP contribution in [0.15, 0.2) is 142 Å². The van der Waals surface area contributed by atoms with E-state index in [0.717, 1.165) is 66.4 Å². The molecule has 0 saturated heterocycles. The van der Waals surface area contributed by atoms with E-state index in [0.29, 0.717) is 5.89 Å². The zero-order chi connectivity index (χ0) is 25.8. The molecular weight excluding hydrogens is 480 g/mol. The third kappa shape index (κ3) is 3.50. The van der Waals surface area contributed by atoms with Crippen molar-refractivity contribution < 1.29 is 8.83 Å². The Morgan fingerprint density at radius 2 is 1.31 bits per heavy atom. The van der Waals surface area contributed by atoms with Crippen LogP contribution in [-0.4, -0.2) is 4.98 Å². The minimum atomic E-state index is 0.614. The minimum Gasteiger partial charge on any atom is -0.456 e. The normalized spacial score (nSPS) is 11.6. The molecule has 8 aromatic rings. The molecule has 8 rings (SSSR count). The van der Waals surface area contributed by atoms with Crippen molar-refractivity contribution in [2.45, 2.75) is 0 Å². The van der Waals surface area contributed by atoms with Gasteiger partial charge in [-0.05, 0) is 60.0 Å². The number of aromatic nitrogens is 1. The van der Waals surface area contributed by atoms with Gasteiger partial charge in [-0.15, -0.1) is 0 Å². The Kier molecular flexibility index (Phi) is 4.79. The molecule has 184 valence electrons. The molecule has 0 aliphatic heterocycles. The third-order valence-corrected chi connectivity index (χ3v) is 7.27. The lowest BCUT2D eigenvalue weighted by molar-refractivity contribution is 0.623. The molecule has 0 N–H and O–H groups in total. The highest BCUT2D eigenvalue weighted by molar-refractivity contribution is 6.13. The van der Waals surface area contributed by atoms with E-state index in [1.165, 1.54) is 0 Å². The van der Waals surface area contributed by atoms with Crippen LogP contribution in [0.25, 0.3) is 55.3 Å². The molecule has 0 aliphatic rings. The van der Waals surface area contributed by atoms with E-state index >= 15 is 0 Å².